The first kappa shape index (κ1) is 22.1. The minimum Gasteiger partial charge on any atom is -0.368 e. The van der Waals surface area contributed by atoms with E-state index in [4.69, 9.17) is 0 Å². The third kappa shape index (κ3) is 4.54. The second kappa shape index (κ2) is 9.65. The zero-order valence-corrected chi connectivity index (χ0v) is 20.2. The molecule has 0 unspecified atom stereocenters. The molecule has 3 aromatic heterocycles. The Morgan fingerprint density at radius 2 is 1.94 bits per heavy atom. The summed E-state index contributed by atoms with van der Waals surface area (Å²) in [5.74, 6) is 2.13. The lowest BCUT2D eigenvalue weighted by molar-refractivity contribution is 0.0806. The summed E-state index contributed by atoms with van der Waals surface area (Å²) < 4.78 is 1.08. The summed E-state index contributed by atoms with van der Waals surface area (Å²) in [6, 6.07) is 6.24. The molecule has 7 nitrogen and oxygen atoms in total. The van der Waals surface area contributed by atoms with E-state index in [1.54, 1.807) is 16.2 Å². The van der Waals surface area contributed by atoms with Gasteiger partial charge >= 0.3 is 0 Å². The number of carbonyl (C=O) groups is 1. The van der Waals surface area contributed by atoms with Crippen molar-refractivity contribution in [1.82, 2.24) is 20.2 Å². The van der Waals surface area contributed by atoms with Crippen LogP contribution in [0.5, 0.6) is 0 Å². The van der Waals surface area contributed by atoms with Gasteiger partial charge in [-0.1, -0.05) is 12.8 Å². The minimum absolute atomic E-state index is 0.125. The first-order valence-corrected chi connectivity index (χ1v) is 12.8. The van der Waals surface area contributed by atoms with Crippen molar-refractivity contribution in [3.8, 4) is 0 Å². The van der Waals surface area contributed by atoms with E-state index in [-0.39, 0.29) is 5.91 Å². The van der Waals surface area contributed by atoms with E-state index in [1.807, 2.05) is 32.4 Å². The summed E-state index contributed by atoms with van der Waals surface area (Å²) in [6.45, 7) is 6.74. The minimum atomic E-state index is 0.125. The largest absolute Gasteiger partial charge is 0.368 e. The molecule has 2 N–H and O–H groups in total. The fraction of sp³-hybridized carbons (Fsp3) is 0.480. The molecule has 1 aliphatic carbocycles. The summed E-state index contributed by atoms with van der Waals surface area (Å²) >= 11 is 1.59. The number of hydrogen-bond donors (Lipinski definition) is 2. The van der Waals surface area contributed by atoms with Crippen molar-refractivity contribution in [1.29, 1.82) is 0 Å². The Hall–Kier alpha value is -2.71. The van der Waals surface area contributed by atoms with E-state index in [9.17, 15) is 4.79 Å². The zero-order chi connectivity index (χ0) is 22.8. The van der Waals surface area contributed by atoms with E-state index in [1.165, 1.54) is 18.4 Å². The van der Waals surface area contributed by atoms with Gasteiger partial charge in [0, 0.05) is 51.4 Å². The van der Waals surface area contributed by atoms with Gasteiger partial charge in [0.05, 0.1) is 21.5 Å². The Balaban J connectivity index is 1.43. The van der Waals surface area contributed by atoms with Gasteiger partial charge in [-0.15, -0.1) is 11.3 Å². The standard InChI is InChI=1S/C25H32N6OS/c1-3-30(2)25(32)24-23(17-6-4-5-7-17)19-14-22(28-16-20(19)33-24)29-21-9-8-18(15-27-21)31-12-10-26-11-13-31/h8-9,14-17,26H,3-7,10-13H2,1-2H3,(H,27,28,29). The highest BCUT2D eigenvalue weighted by Crippen LogP contribution is 2.44. The number of pyridine rings is 2. The van der Waals surface area contributed by atoms with Gasteiger partial charge in [0.25, 0.3) is 5.91 Å². The number of nitrogens with zero attached hydrogens (tertiary/aromatic N) is 4. The molecule has 0 radical (unpaired) electrons. The summed E-state index contributed by atoms with van der Waals surface area (Å²) in [4.78, 5) is 27.4. The highest BCUT2D eigenvalue weighted by molar-refractivity contribution is 7.21. The Bertz CT molecular complexity index is 1120. The second-order valence-corrected chi connectivity index (χ2v) is 10.0. The predicted molar refractivity (Wildman–Crippen MR) is 136 cm³/mol. The average molecular weight is 465 g/mol. The fourth-order valence-corrected chi connectivity index (χ4v) is 6.12. The molecule has 1 amide bonds. The van der Waals surface area contributed by atoms with Crippen LogP contribution in [0.15, 0.2) is 30.6 Å². The SMILES string of the molecule is CCN(C)C(=O)c1sc2cnc(Nc3ccc(N4CCNCC4)cn3)cc2c1C1CCCC1. The van der Waals surface area contributed by atoms with Gasteiger partial charge in [0.15, 0.2) is 0 Å². The van der Waals surface area contributed by atoms with Crippen LogP contribution < -0.4 is 15.5 Å². The third-order valence-corrected chi connectivity index (χ3v) is 8.02. The molecule has 1 saturated carbocycles. The number of rotatable bonds is 6. The van der Waals surface area contributed by atoms with Crippen molar-refractivity contribution in [2.24, 2.45) is 0 Å². The first-order valence-electron chi connectivity index (χ1n) is 12.0. The lowest BCUT2D eigenvalue weighted by atomic mass is 9.94. The second-order valence-electron chi connectivity index (χ2n) is 8.97. The van der Waals surface area contributed by atoms with Gasteiger partial charge in [-0.3, -0.25) is 4.79 Å². The third-order valence-electron chi connectivity index (χ3n) is 6.88. The summed E-state index contributed by atoms with van der Waals surface area (Å²) in [7, 11) is 1.88. The number of hydrogen-bond acceptors (Lipinski definition) is 7. The smallest absolute Gasteiger partial charge is 0.263 e. The maximum atomic E-state index is 13.1. The summed E-state index contributed by atoms with van der Waals surface area (Å²) in [6.07, 6.45) is 8.61. The first-order chi connectivity index (χ1) is 16.1. The Morgan fingerprint density at radius 1 is 1.18 bits per heavy atom. The molecule has 2 aliphatic rings. The molecule has 2 fully saturated rings. The quantitative estimate of drug-likeness (QED) is 0.556. The number of nitrogens with one attached hydrogen (secondary N) is 2. The molecule has 33 heavy (non-hydrogen) atoms. The van der Waals surface area contributed by atoms with E-state index in [2.05, 4.69) is 37.6 Å². The van der Waals surface area contributed by atoms with E-state index < -0.39 is 0 Å². The topological polar surface area (TPSA) is 73.4 Å². The molecule has 0 aromatic carbocycles. The Kier molecular flexibility index (Phi) is 6.46. The van der Waals surface area contributed by atoms with E-state index in [0.717, 1.165) is 71.3 Å². The number of aromatic nitrogens is 2. The predicted octanol–water partition coefficient (Wildman–Crippen LogP) is 4.59. The van der Waals surface area contributed by atoms with Crippen LogP contribution in [0.25, 0.3) is 10.1 Å². The highest BCUT2D eigenvalue weighted by atomic mass is 32.1. The highest BCUT2D eigenvalue weighted by Gasteiger charge is 2.28. The molecule has 0 spiro atoms. The van der Waals surface area contributed by atoms with Crippen molar-refractivity contribution in [3.05, 3.63) is 41.0 Å². The van der Waals surface area contributed by atoms with Gasteiger partial charge in [-0.2, -0.15) is 0 Å². The molecule has 0 atom stereocenters. The summed E-state index contributed by atoms with van der Waals surface area (Å²) in [5.41, 5.74) is 2.38. The Labute approximate surface area is 199 Å². The van der Waals surface area contributed by atoms with E-state index in [0.29, 0.717) is 12.5 Å². The van der Waals surface area contributed by atoms with Gasteiger partial charge in [0.2, 0.25) is 0 Å². The monoisotopic (exact) mass is 464 g/mol. The number of carbonyl (C=O) groups excluding carboxylic acids is 1. The molecule has 5 rings (SSSR count). The van der Waals surface area contributed by atoms with Gasteiger partial charge < -0.3 is 20.4 Å². The van der Waals surface area contributed by atoms with E-state index >= 15 is 0 Å². The van der Waals surface area contributed by atoms with Crippen molar-refractivity contribution in [2.45, 2.75) is 38.5 Å². The molecule has 1 aliphatic heterocycles. The normalized spacial score (nSPS) is 17.0. The number of amides is 1. The molecule has 4 heterocycles. The molecular formula is C25H32N6OS. The van der Waals surface area contributed by atoms with Gasteiger partial charge in [-0.25, -0.2) is 9.97 Å². The van der Waals surface area contributed by atoms with Crippen LogP contribution in [0.2, 0.25) is 0 Å². The number of fused-ring (bicyclic) bond motifs is 1. The van der Waals surface area contributed by atoms with Crippen LogP contribution in [0.3, 0.4) is 0 Å². The van der Waals surface area contributed by atoms with Crippen LogP contribution in [0.1, 0.15) is 53.8 Å². The van der Waals surface area contributed by atoms with Crippen LogP contribution in [0.4, 0.5) is 17.3 Å². The zero-order valence-electron chi connectivity index (χ0n) is 19.4. The maximum Gasteiger partial charge on any atom is 0.263 e. The fourth-order valence-electron chi connectivity index (χ4n) is 4.89. The van der Waals surface area contributed by atoms with Gasteiger partial charge in [0.1, 0.15) is 11.6 Å². The lowest BCUT2D eigenvalue weighted by Crippen LogP contribution is -2.43. The number of piperazine rings is 1. The van der Waals surface area contributed by atoms with Crippen molar-refractivity contribution in [3.63, 3.8) is 0 Å². The molecular weight excluding hydrogens is 432 g/mol. The lowest BCUT2D eigenvalue weighted by Gasteiger charge is -2.29. The van der Waals surface area contributed by atoms with Crippen molar-refractivity contribution in [2.75, 3.05) is 50.0 Å². The molecule has 3 aromatic rings. The summed E-state index contributed by atoms with van der Waals surface area (Å²) in [5, 5.41) is 7.91. The number of anilines is 3. The van der Waals surface area contributed by atoms with Crippen LogP contribution >= 0.6 is 11.3 Å². The molecule has 0 bridgehead atoms. The number of thiophene rings is 1. The van der Waals surface area contributed by atoms with Crippen molar-refractivity contribution >= 4 is 44.7 Å². The van der Waals surface area contributed by atoms with Gasteiger partial charge in [-0.05, 0) is 49.4 Å². The van der Waals surface area contributed by atoms with Crippen LogP contribution in [0, 0.1) is 0 Å². The van der Waals surface area contributed by atoms with Crippen molar-refractivity contribution < 1.29 is 4.79 Å². The average Bonchev–Trinajstić information content (AvgIpc) is 3.51. The van der Waals surface area contributed by atoms with Crippen LogP contribution in [-0.4, -0.2) is 60.5 Å². The maximum absolute atomic E-state index is 13.1. The molecule has 174 valence electrons. The molecule has 1 saturated heterocycles. The van der Waals surface area contributed by atoms with Crippen LogP contribution in [-0.2, 0) is 0 Å². The molecule has 8 heteroatoms. The Morgan fingerprint density at radius 3 is 2.64 bits per heavy atom.